The van der Waals surface area contributed by atoms with Crippen LogP contribution in [0.2, 0.25) is 0 Å². The third-order valence-corrected chi connectivity index (χ3v) is 6.02. The van der Waals surface area contributed by atoms with Crippen molar-refractivity contribution in [3.8, 4) is 11.5 Å². The fourth-order valence-electron chi connectivity index (χ4n) is 3.85. The first-order chi connectivity index (χ1) is 15.1. The molecule has 8 nitrogen and oxygen atoms in total. The van der Waals surface area contributed by atoms with Gasteiger partial charge in [-0.05, 0) is 36.2 Å². The van der Waals surface area contributed by atoms with Gasteiger partial charge in [-0.25, -0.2) is 0 Å². The molecule has 0 bridgehead atoms. The van der Waals surface area contributed by atoms with Crippen molar-refractivity contribution in [2.75, 3.05) is 26.8 Å². The molecule has 4 rings (SSSR count). The summed E-state index contributed by atoms with van der Waals surface area (Å²) in [5, 5.41) is 10.6. The number of phenolic OH excluding ortho intramolecular Hbond substituents is 1. The monoisotopic (exact) mass is 441 g/mol. The number of esters is 1. The minimum absolute atomic E-state index is 0.0535. The molecule has 9 heteroatoms. The van der Waals surface area contributed by atoms with Crippen LogP contribution in [0.4, 0.5) is 0 Å². The largest absolute Gasteiger partial charge is 0.508 e. The van der Waals surface area contributed by atoms with E-state index in [1.807, 2.05) is 29.2 Å². The van der Waals surface area contributed by atoms with Gasteiger partial charge in [-0.1, -0.05) is 12.1 Å². The van der Waals surface area contributed by atoms with E-state index in [-0.39, 0.29) is 24.0 Å². The molecule has 0 aliphatic carbocycles. The summed E-state index contributed by atoms with van der Waals surface area (Å²) < 4.78 is 19.2. The van der Waals surface area contributed by atoms with Gasteiger partial charge < -0.3 is 19.5 Å². The summed E-state index contributed by atoms with van der Waals surface area (Å²) in [5.74, 6) is 0.0707. The van der Waals surface area contributed by atoms with Crippen LogP contribution in [-0.2, 0) is 14.3 Å². The van der Waals surface area contributed by atoms with Crippen molar-refractivity contribution >= 4 is 34.6 Å². The number of likely N-dealkylation sites (tertiary alicyclic amines) is 1. The maximum atomic E-state index is 12.1. The number of carbonyl (C=O) groups is 2. The molecule has 3 aromatic rings. The van der Waals surface area contributed by atoms with E-state index >= 15 is 0 Å². The zero-order valence-electron chi connectivity index (χ0n) is 17.1. The molecule has 1 N–H and O–H groups in total. The van der Waals surface area contributed by atoms with E-state index in [2.05, 4.69) is 8.75 Å². The van der Waals surface area contributed by atoms with Crippen LogP contribution >= 0.6 is 11.7 Å². The Bertz CT molecular complexity index is 1080. The Hall–Kier alpha value is -3.20. The van der Waals surface area contributed by atoms with Crippen molar-refractivity contribution in [3.05, 3.63) is 47.5 Å². The van der Waals surface area contributed by atoms with E-state index in [1.165, 1.54) is 7.11 Å². The first-order valence-electron chi connectivity index (χ1n) is 10.1. The number of aromatic nitrogens is 2. The Kier molecular flexibility index (Phi) is 6.31. The van der Waals surface area contributed by atoms with Crippen LogP contribution in [-0.4, -0.2) is 57.4 Å². The third kappa shape index (κ3) is 4.61. The van der Waals surface area contributed by atoms with Gasteiger partial charge in [0.1, 0.15) is 29.1 Å². The molecule has 31 heavy (non-hydrogen) atoms. The van der Waals surface area contributed by atoms with Crippen molar-refractivity contribution in [2.45, 2.75) is 25.2 Å². The van der Waals surface area contributed by atoms with E-state index in [4.69, 9.17) is 9.47 Å². The maximum Gasteiger partial charge on any atom is 0.306 e. The summed E-state index contributed by atoms with van der Waals surface area (Å²) >= 11 is 1.06. The molecule has 1 aliphatic rings. The molecule has 0 spiro atoms. The molecule has 2 aromatic carbocycles. The van der Waals surface area contributed by atoms with Gasteiger partial charge in [-0.2, -0.15) is 8.75 Å². The van der Waals surface area contributed by atoms with Crippen LogP contribution in [0.25, 0.3) is 11.0 Å². The van der Waals surface area contributed by atoms with Gasteiger partial charge in [0.25, 0.3) is 0 Å². The minimum atomic E-state index is -0.448. The Balaban J connectivity index is 1.54. The molecule has 1 amide bonds. The molecule has 1 aromatic heterocycles. The number of carbonyl (C=O) groups excluding carboxylic acids is 2. The number of hydrogen-bond acceptors (Lipinski definition) is 8. The second kappa shape index (κ2) is 9.30. The second-order valence-electron chi connectivity index (χ2n) is 7.36. The topological polar surface area (TPSA) is 102 Å². The zero-order chi connectivity index (χ0) is 21.8. The summed E-state index contributed by atoms with van der Waals surface area (Å²) in [6.07, 6.45) is 1.57. The SMILES string of the molecule is COC(=O)CC(c1ccc(OCCN2CCCC2=O)cc1)c1c(O)ccc2nsnc12. The van der Waals surface area contributed by atoms with E-state index in [1.54, 1.807) is 12.1 Å². The Morgan fingerprint density at radius 3 is 2.74 bits per heavy atom. The van der Waals surface area contributed by atoms with Crippen LogP contribution in [0.3, 0.4) is 0 Å². The number of ether oxygens (including phenoxy) is 2. The Morgan fingerprint density at radius 1 is 1.23 bits per heavy atom. The summed E-state index contributed by atoms with van der Waals surface area (Å²) in [5.41, 5.74) is 2.62. The molecular formula is C22H23N3O5S. The molecule has 162 valence electrons. The summed E-state index contributed by atoms with van der Waals surface area (Å²) in [6.45, 7) is 1.77. The van der Waals surface area contributed by atoms with Gasteiger partial charge in [0.05, 0.1) is 31.8 Å². The van der Waals surface area contributed by atoms with E-state index < -0.39 is 5.92 Å². The normalized spacial score (nSPS) is 14.7. The van der Waals surface area contributed by atoms with Gasteiger partial charge in [0.2, 0.25) is 5.91 Å². The molecule has 1 unspecified atom stereocenters. The molecule has 1 saturated heterocycles. The number of methoxy groups -OCH3 is 1. The number of hydrogen-bond donors (Lipinski definition) is 1. The molecule has 0 saturated carbocycles. The van der Waals surface area contributed by atoms with Crippen LogP contribution in [0, 0.1) is 0 Å². The standard InChI is InChI=1S/C22H23N3O5S/c1-29-20(28)13-16(21-18(26)9-8-17-22(21)24-31-23-17)14-4-6-15(7-5-14)30-12-11-25-10-2-3-19(25)27/h4-9,16,26H,2-3,10-13H2,1H3. The van der Waals surface area contributed by atoms with Gasteiger partial charge >= 0.3 is 5.97 Å². The van der Waals surface area contributed by atoms with E-state index in [0.717, 1.165) is 30.3 Å². The van der Waals surface area contributed by atoms with Gasteiger partial charge in [-0.15, -0.1) is 0 Å². The third-order valence-electron chi connectivity index (χ3n) is 5.47. The number of nitrogens with zero attached hydrogens (tertiary/aromatic N) is 3. The molecule has 2 heterocycles. The highest BCUT2D eigenvalue weighted by Gasteiger charge is 2.26. The summed E-state index contributed by atoms with van der Waals surface area (Å²) in [7, 11) is 1.34. The zero-order valence-corrected chi connectivity index (χ0v) is 17.9. The molecule has 0 radical (unpaired) electrons. The first kappa shape index (κ1) is 21.0. The average molecular weight is 442 g/mol. The molecule has 1 atom stereocenters. The maximum absolute atomic E-state index is 12.1. The van der Waals surface area contributed by atoms with E-state index in [0.29, 0.717) is 41.9 Å². The van der Waals surface area contributed by atoms with Gasteiger partial charge in [0, 0.05) is 24.4 Å². The fourth-order valence-corrected chi connectivity index (χ4v) is 4.40. The molecule has 1 fully saturated rings. The number of rotatable bonds is 8. The van der Waals surface area contributed by atoms with Crippen molar-refractivity contribution < 1.29 is 24.2 Å². The van der Waals surface area contributed by atoms with Crippen molar-refractivity contribution in [1.29, 1.82) is 0 Å². The quantitative estimate of drug-likeness (QED) is 0.536. The highest BCUT2D eigenvalue weighted by atomic mass is 32.1. The van der Waals surface area contributed by atoms with Crippen LogP contribution in [0.15, 0.2) is 36.4 Å². The minimum Gasteiger partial charge on any atom is -0.508 e. The smallest absolute Gasteiger partial charge is 0.306 e. The molecular weight excluding hydrogens is 418 g/mol. The lowest BCUT2D eigenvalue weighted by Gasteiger charge is -2.19. The van der Waals surface area contributed by atoms with Crippen molar-refractivity contribution in [1.82, 2.24) is 13.6 Å². The van der Waals surface area contributed by atoms with Gasteiger partial charge in [-0.3, -0.25) is 9.59 Å². The van der Waals surface area contributed by atoms with Crippen LogP contribution < -0.4 is 4.74 Å². The predicted molar refractivity (Wildman–Crippen MR) is 115 cm³/mol. The number of aromatic hydroxyl groups is 1. The highest BCUT2D eigenvalue weighted by Crippen LogP contribution is 2.39. The first-order valence-corrected chi connectivity index (χ1v) is 10.8. The fraction of sp³-hybridized carbons (Fsp3) is 0.364. The average Bonchev–Trinajstić information content (AvgIpc) is 3.42. The lowest BCUT2D eigenvalue weighted by Crippen LogP contribution is -2.29. The second-order valence-corrected chi connectivity index (χ2v) is 7.89. The number of phenols is 1. The lowest BCUT2D eigenvalue weighted by atomic mass is 9.87. The predicted octanol–water partition coefficient (Wildman–Crippen LogP) is 3.09. The number of benzene rings is 2. The number of fused-ring (bicyclic) bond motifs is 1. The van der Waals surface area contributed by atoms with Crippen LogP contribution in [0.5, 0.6) is 11.5 Å². The number of amides is 1. The summed E-state index contributed by atoms with van der Waals surface area (Å²) in [6, 6.07) is 10.6. The van der Waals surface area contributed by atoms with E-state index in [9.17, 15) is 14.7 Å². The van der Waals surface area contributed by atoms with Crippen molar-refractivity contribution in [2.24, 2.45) is 0 Å². The lowest BCUT2D eigenvalue weighted by molar-refractivity contribution is -0.140. The Labute approximate surface area is 183 Å². The molecule has 1 aliphatic heterocycles. The van der Waals surface area contributed by atoms with Gasteiger partial charge in [0.15, 0.2) is 0 Å². The Morgan fingerprint density at radius 2 is 2.03 bits per heavy atom. The van der Waals surface area contributed by atoms with Crippen molar-refractivity contribution in [3.63, 3.8) is 0 Å². The summed E-state index contributed by atoms with van der Waals surface area (Å²) in [4.78, 5) is 25.6. The van der Waals surface area contributed by atoms with Crippen LogP contribution in [0.1, 0.15) is 36.3 Å². The highest BCUT2D eigenvalue weighted by molar-refractivity contribution is 7.00.